The fourth-order valence-electron chi connectivity index (χ4n) is 3.83. The molecule has 32 heavy (non-hydrogen) atoms. The Morgan fingerprint density at radius 1 is 1.00 bits per heavy atom. The van der Waals surface area contributed by atoms with Gasteiger partial charge in [0.05, 0.1) is 34.0 Å². The van der Waals surface area contributed by atoms with Gasteiger partial charge in [-0.25, -0.2) is 18.7 Å². The molecule has 0 amide bonds. The maximum Gasteiger partial charge on any atom is 0.135 e. The topological polar surface area (TPSA) is 64.0 Å². The molecular formula is C23H18F2IN5O. The van der Waals surface area contributed by atoms with Crippen molar-refractivity contribution in [1.82, 2.24) is 20.2 Å². The fourth-order valence-corrected chi connectivity index (χ4v) is 4.64. The van der Waals surface area contributed by atoms with Gasteiger partial charge in [-0.2, -0.15) is 10.2 Å². The fraction of sp³-hybridized carbons (Fsp3) is 0.217. The van der Waals surface area contributed by atoms with Crippen molar-refractivity contribution in [3.63, 3.8) is 0 Å². The molecule has 1 aliphatic heterocycles. The zero-order chi connectivity index (χ0) is 22.1. The van der Waals surface area contributed by atoms with Gasteiger partial charge in [0, 0.05) is 47.6 Å². The summed E-state index contributed by atoms with van der Waals surface area (Å²) in [5.74, 6) is -1.31. The molecule has 1 atom stereocenters. The van der Waals surface area contributed by atoms with Crippen LogP contribution in [0.25, 0.3) is 22.2 Å². The molecule has 0 radical (unpaired) electrons. The monoisotopic (exact) mass is 545 g/mol. The minimum atomic E-state index is -0.675. The number of halogens is 3. The Morgan fingerprint density at radius 3 is 2.62 bits per heavy atom. The highest BCUT2D eigenvalue weighted by Crippen LogP contribution is 2.37. The highest BCUT2D eigenvalue weighted by Gasteiger charge is 2.22. The summed E-state index contributed by atoms with van der Waals surface area (Å²) in [6.07, 6.45) is 2.96. The molecule has 0 bridgehead atoms. The molecule has 6 nitrogen and oxygen atoms in total. The molecule has 1 fully saturated rings. The molecule has 3 heterocycles. The molecule has 1 aliphatic rings. The van der Waals surface area contributed by atoms with Gasteiger partial charge in [-0.15, -0.1) is 0 Å². The van der Waals surface area contributed by atoms with Gasteiger partial charge in [-0.05, 0) is 36.4 Å². The number of aromatic nitrogens is 4. The quantitative estimate of drug-likeness (QED) is 0.273. The maximum absolute atomic E-state index is 14.9. The Labute approximate surface area is 196 Å². The minimum absolute atomic E-state index is 0.221. The van der Waals surface area contributed by atoms with Crippen LogP contribution in [0.1, 0.15) is 15.2 Å². The smallest absolute Gasteiger partial charge is 0.135 e. The number of alkyl halides is 1. The lowest BCUT2D eigenvalue weighted by Crippen LogP contribution is -2.36. The first kappa shape index (κ1) is 21.1. The van der Waals surface area contributed by atoms with E-state index in [1.165, 1.54) is 12.4 Å². The number of hydrogen-bond donors (Lipinski definition) is 0. The molecule has 5 rings (SSSR count). The molecule has 0 saturated carbocycles. The molecule has 1 saturated heterocycles. The molecule has 4 aromatic rings. The summed E-state index contributed by atoms with van der Waals surface area (Å²) in [7, 11) is 0. The third kappa shape index (κ3) is 4.02. The van der Waals surface area contributed by atoms with E-state index in [4.69, 9.17) is 4.74 Å². The predicted molar refractivity (Wildman–Crippen MR) is 126 cm³/mol. The number of morpholine rings is 1. The van der Waals surface area contributed by atoms with Crippen LogP contribution < -0.4 is 4.90 Å². The number of benzene rings is 2. The van der Waals surface area contributed by atoms with E-state index in [2.05, 4.69) is 47.7 Å². The van der Waals surface area contributed by atoms with Crippen LogP contribution in [0.15, 0.2) is 55.0 Å². The molecule has 162 valence electrons. The second kappa shape index (κ2) is 8.99. The second-order valence-electron chi connectivity index (χ2n) is 7.39. The zero-order valence-electron chi connectivity index (χ0n) is 16.9. The first-order valence-corrected chi connectivity index (χ1v) is 11.3. The van der Waals surface area contributed by atoms with Crippen molar-refractivity contribution >= 4 is 39.2 Å². The Bertz CT molecular complexity index is 1270. The van der Waals surface area contributed by atoms with Crippen LogP contribution in [0.4, 0.5) is 14.5 Å². The zero-order valence-corrected chi connectivity index (χ0v) is 19.0. The van der Waals surface area contributed by atoms with Crippen molar-refractivity contribution in [3.8, 4) is 11.3 Å². The number of fused-ring (bicyclic) bond motifs is 1. The van der Waals surface area contributed by atoms with Crippen LogP contribution in [0.3, 0.4) is 0 Å². The molecule has 2 aromatic carbocycles. The number of hydrogen-bond acceptors (Lipinski definition) is 6. The van der Waals surface area contributed by atoms with Crippen molar-refractivity contribution < 1.29 is 13.5 Å². The lowest BCUT2D eigenvalue weighted by Gasteiger charge is -2.29. The molecule has 0 spiro atoms. The first-order chi connectivity index (χ1) is 15.6. The standard InChI is InChI=1S/C23H18F2IN5O/c24-18-12-19(25)17(11-16(18)22(26)20-2-1-5-29-30-20)23-15-4-3-14(10-21(15)27-13-28-23)31-6-8-32-9-7-31/h1-5,10-13,22H,6-9H2. The van der Waals surface area contributed by atoms with E-state index in [9.17, 15) is 8.78 Å². The van der Waals surface area contributed by atoms with Crippen LogP contribution in [-0.2, 0) is 4.74 Å². The van der Waals surface area contributed by atoms with E-state index >= 15 is 0 Å². The Hall–Kier alpha value is -2.79. The molecular weight excluding hydrogens is 527 g/mol. The van der Waals surface area contributed by atoms with E-state index in [0.717, 1.165) is 24.8 Å². The minimum Gasteiger partial charge on any atom is -0.378 e. The lowest BCUT2D eigenvalue weighted by molar-refractivity contribution is 0.122. The van der Waals surface area contributed by atoms with Crippen molar-refractivity contribution in [2.24, 2.45) is 0 Å². The molecule has 0 aliphatic carbocycles. The molecule has 9 heteroatoms. The molecule has 0 N–H and O–H groups in total. The summed E-state index contributed by atoms with van der Waals surface area (Å²) in [6.45, 7) is 2.97. The highest BCUT2D eigenvalue weighted by molar-refractivity contribution is 14.1. The van der Waals surface area contributed by atoms with Crippen LogP contribution in [-0.4, -0.2) is 46.5 Å². The normalized spacial score (nSPS) is 15.2. The summed E-state index contributed by atoms with van der Waals surface area (Å²) >= 11 is 2.08. The van der Waals surface area contributed by atoms with Crippen LogP contribution in [0, 0.1) is 11.6 Å². The van der Waals surface area contributed by atoms with Gasteiger partial charge < -0.3 is 9.64 Å². The average Bonchev–Trinajstić information content (AvgIpc) is 2.84. The highest BCUT2D eigenvalue weighted by atomic mass is 127. The third-order valence-electron chi connectivity index (χ3n) is 5.46. The van der Waals surface area contributed by atoms with E-state index in [1.54, 1.807) is 18.3 Å². The van der Waals surface area contributed by atoms with Gasteiger partial charge in [0.25, 0.3) is 0 Å². The van der Waals surface area contributed by atoms with Crippen molar-refractivity contribution in [2.45, 2.75) is 3.92 Å². The van der Waals surface area contributed by atoms with Crippen molar-refractivity contribution in [3.05, 3.63) is 77.9 Å². The number of anilines is 1. The third-order valence-corrected chi connectivity index (χ3v) is 6.77. The van der Waals surface area contributed by atoms with Gasteiger partial charge in [-0.3, -0.25) is 0 Å². The van der Waals surface area contributed by atoms with Crippen molar-refractivity contribution in [1.29, 1.82) is 0 Å². The predicted octanol–water partition coefficient (Wildman–Crippen LogP) is 4.73. The Kier molecular flexibility index (Phi) is 5.92. The first-order valence-electron chi connectivity index (χ1n) is 10.1. The largest absolute Gasteiger partial charge is 0.378 e. The van der Waals surface area contributed by atoms with E-state index < -0.39 is 15.6 Å². The Morgan fingerprint density at radius 2 is 1.84 bits per heavy atom. The molecule has 1 unspecified atom stereocenters. The van der Waals surface area contributed by atoms with Gasteiger partial charge >= 0.3 is 0 Å². The second-order valence-corrected chi connectivity index (χ2v) is 8.63. The summed E-state index contributed by atoms with van der Waals surface area (Å²) < 4.78 is 34.6. The van der Waals surface area contributed by atoms with Gasteiger partial charge in [0.1, 0.15) is 18.0 Å². The van der Waals surface area contributed by atoms with Gasteiger partial charge in [-0.1, -0.05) is 22.6 Å². The average molecular weight is 545 g/mol. The Balaban J connectivity index is 1.59. The SMILES string of the molecule is Fc1cc(F)c(C(I)c2cccnn2)cc1-c1ncnc2cc(N3CCOCC3)ccc12. The van der Waals surface area contributed by atoms with E-state index in [1.807, 2.05) is 18.2 Å². The lowest BCUT2D eigenvalue weighted by atomic mass is 10.00. The van der Waals surface area contributed by atoms with Gasteiger partial charge in [0.2, 0.25) is 0 Å². The van der Waals surface area contributed by atoms with Crippen LogP contribution in [0.2, 0.25) is 0 Å². The molecule has 2 aromatic heterocycles. The van der Waals surface area contributed by atoms with Crippen LogP contribution in [0.5, 0.6) is 0 Å². The van der Waals surface area contributed by atoms with E-state index in [0.29, 0.717) is 41.1 Å². The van der Waals surface area contributed by atoms with Gasteiger partial charge in [0.15, 0.2) is 0 Å². The summed E-state index contributed by atoms with van der Waals surface area (Å²) in [5.41, 5.74) is 3.28. The number of nitrogens with zero attached hydrogens (tertiary/aromatic N) is 5. The van der Waals surface area contributed by atoms with E-state index in [-0.39, 0.29) is 5.56 Å². The number of rotatable bonds is 4. The summed E-state index contributed by atoms with van der Waals surface area (Å²) in [4.78, 5) is 11.0. The number of ether oxygens (including phenoxy) is 1. The van der Waals surface area contributed by atoms with Crippen molar-refractivity contribution in [2.75, 3.05) is 31.2 Å². The van der Waals surface area contributed by atoms with Crippen LogP contribution >= 0.6 is 22.6 Å². The maximum atomic E-state index is 14.9. The summed E-state index contributed by atoms with van der Waals surface area (Å²) in [5, 5.41) is 8.63. The summed E-state index contributed by atoms with van der Waals surface area (Å²) in [6, 6.07) is 11.7.